The molecule has 0 unspecified atom stereocenters. The van der Waals surface area contributed by atoms with Gasteiger partial charge in [-0.2, -0.15) is 13.1 Å². The molecule has 1 aliphatic carbocycles. The monoisotopic (exact) mass is 264 g/mol. The zero-order valence-electron chi connectivity index (χ0n) is 9.89. The van der Waals surface area contributed by atoms with Crippen LogP contribution in [0.15, 0.2) is 5.16 Å². The molecule has 0 aromatic carbocycles. The molecule has 1 fully saturated rings. The molecule has 1 aliphatic rings. The maximum atomic E-state index is 11.2. The molecule has 0 aliphatic heterocycles. The molecule has 1 rings (SSSR count). The summed E-state index contributed by atoms with van der Waals surface area (Å²) < 4.78 is 24.6. The van der Waals surface area contributed by atoms with E-state index >= 15 is 0 Å². The first kappa shape index (κ1) is 14.2. The highest BCUT2D eigenvalue weighted by Gasteiger charge is 2.41. The molecule has 0 amide bonds. The van der Waals surface area contributed by atoms with Crippen molar-refractivity contribution in [2.75, 3.05) is 0 Å². The van der Waals surface area contributed by atoms with Gasteiger partial charge in [0.1, 0.15) is 0 Å². The molecule has 1 saturated carbocycles. The minimum Gasteiger partial charge on any atom is -0.409 e. The van der Waals surface area contributed by atoms with Crippen LogP contribution in [0.25, 0.3) is 0 Å². The van der Waals surface area contributed by atoms with Gasteiger partial charge >= 0.3 is 0 Å². The number of nitrogens with two attached hydrogens (primary N) is 2. The first-order chi connectivity index (χ1) is 7.83. The largest absolute Gasteiger partial charge is 0.409 e. The van der Waals surface area contributed by atoms with Crippen LogP contribution in [0.5, 0.6) is 0 Å². The summed E-state index contributed by atoms with van der Waals surface area (Å²) in [7, 11) is -3.88. The average Bonchev–Trinajstić information content (AvgIpc) is 2.26. The summed E-state index contributed by atoms with van der Waals surface area (Å²) >= 11 is 0. The predicted molar refractivity (Wildman–Crippen MR) is 64.6 cm³/mol. The average molecular weight is 264 g/mol. The van der Waals surface area contributed by atoms with Crippen LogP contribution in [0.2, 0.25) is 0 Å². The highest BCUT2D eigenvalue weighted by molar-refractivity contribution is 7.87. The van der Waals surface area contributed by atoms with Crippen molar-refractivity contribution in [3.05, 3.63) is 0 Å². The molecule has 8 heteroatoms. The van der Waals surface area contributed by atoms with Crippen molar-refractivity contribution in [1.82, 2.24) is 4.72 Å². The Balaban J connectivity index is 2.90. The second-order valence-corrected chi connectivity index (χ2v) is 5.86. The van der Waals surface area contributed by atoms with Crippen LogP contribution in [-0.4, -0.2) is 25.0 Å². The fourth-order valence-corrected chi connectivity index (χ4v) is 3.21. The van der Waals surface area contributed by atoms with Gasteiger partial charge in [-0.25, -0.2) is 5.14 Å². The summed E-state index contributed by atoms with van der Waals surface area (Å²) in [6.45, 7) is 2.09. The number of amidine groups is 1. The Morgan fingerprint density at radius 1 is 1.53 bits per heavy atom. The van der Waals surface area contributed by atoms with E-state index in [1.807, 2.05) is 0 Å². The molecule has 7 nitrogen and oxygen atoms in total. The van der Waals surface area contributed by atoms with Crippen molar-refractivity contribution < 1.29 is 13.6 Å². The second kappa shape index (κ2) is 5.19. The van der Waals surface area contributed by atoms with Crippen molar-refractivity contribution in [2.45, 2.75) is 44.6 Å². The maximum Gasteiger partial charge on any atom is 0.275 e. The number of nitrogens with one attached hydrogen (secondary N) is 1. The van der Waals surface area contributed by atoms with Crippen molar-refractivity contribution in [3.63, 3.8) is 0 Å². The van der Waals surface area contributed by atoms with E-state index in [0.717, 1.165) is 19.3 Å². The van der Waals surface area contributed by atoms with Crippen LogP contribution in [0.1, 0.15) is 39.0 Å². The molecular weight excluding hydrogens is 244 g/mol. The van der Waals surface area contributed by atoms with Crippen LogP contribution < -0.4 is 15.6 Å². The molecule has 0 bridgehead atoms. The number of hydrogen-bond donors (Lipinski definition) is 4. The van der Waals surface area contributed by atoms with Crippen LogP contribution in [0, 0.1) is 5.92 Å². The number of hydrogen-bond acceptors (Lipinski definition) is 4. The summed E-state index contributed by atoms with van der Waals surface area (Å²) in [6.07, 6.45) is 3.70. The van der Waals surface area contributed by atoms with Gasteiger partial charge in [0.25, 0.3) is 10.2 Å². The fourth-order valence-electron chi connectivity index (χ4n) is 2.36. The maximum absolute atomic E-state index is 11.2. The van der Waals surface area contributed by atoms with Gasteiger partial charge in [-0.3, -0.25) is 0 Å². The third-order valence-electron chi connectivity index (χ3n) is 3.47. The van der Waals surface area contributed by atoms with E-state index in [2.05, 4.69) is 16.8 Å². The molecular formula is C9H20N4O3S. The summed E-state index contributed by atoms with van der Waals surface area (Å²) in [5.41, 5.74) is 4.56. The van der Waals surface area contributed by atoms with Crippen LogP contribution >= 0.6 is 0 Å². The lowest BCUT2D eigenvalue weighted by Crippen LogP contribution is -2.60. The highest BCUT2D eigenvalue weighted by Crippen LogP contribution is 2.34. The lowest BCUT2D eigenvalue weighted by molar-refractivity contribution is 0.253. The van der Waals surface area contributed by atoms with Crippen LogP contribution in [-0.2, 0) is 10.2 Å². The number of oxime groups is 1. The topological polar surface area (TPSA) is 131 Å². The third-order valence-corrected chi connectivity index (χ3v) is 4.15. The van der Waals surface area contributed by atoms with E-state index < -0.39 is 15.7 Å². The van der Waals surface area contributed by atoms with E-state index in [1.54, 1.807) is 0 Å². The zero-order valence-corrected chi connectivity index (χ0v) is 10.7. The lowest BCUT2D eigenvalue weighted by Gasteiger charge is -2.38. The Morgan fingerprint density at radius 3 is 2.41 bits per heavy atom. The van der Waals surface area contributed by atoms with Gasteiger partial charge < -0.3 is 10.9 Å². The Kier molecular flexibility index (Phi) is 4.34. The normalized spacial score (nSPS) is 31.4. The first-order valence-electron chi connectivity index (χ1n) is 5.62. The Morgan fingerprint density at radius 2 is 2.06 bits per heavy atom. The number of nitrogens with zero attached hydrogens (tertiary/aromatic N) is 1. The van der Waals surface area contributed by atoms with Crippen molar-refractivity contribution in [2.24, 2.45) is 21.9 Å². The van der Waals surface area contributed by atoms with Crippen molar-refractivity contribution in [3.8, 4) is 0 Å². The van der Waals surface area contributed by atoms with Gasteiger partial charge in [-0.05, 0) is 31.6 Å². The molecule has 0 spiro atoms. The van der Waals surface area contributed by atoms with Gasteiger partial charge in [0, 0.05) is 0 Å². The molecule has 0 radical (unpaired) electrons. The minimum atomic E-state index is -3.88. The quantitative estimate of drug-likeness (QED) is 0.244. The standard InChI is InChI=1S/C9H20N4O3S/c1-2-7-3-5-9(6-4-7,8(10)12-14)13-17(11,15)16/h7,13-14H,2-6H2,1H3,(H2,10,12)(H2,11,15,16). The Hall–Kier alpha value is -0.860. The first-order valence-corrected chi connectivity index (χ1v) is 7.17. The van der Waals surface area contributed by atoms with E-state index in [9.17, 15) is 8.42 Å². The Labute approximate surface area is 101 Å². The van der Waals surface area contributed by atoms with E-state index in [-0.39, 0.29) is 5.84 Å². The van der Waals surface area contributed by atoms with E-state index in [1.165, 1.54) is 0 Å². The molecule has 0 heterocycles. The van der Waals surface area contributed by atoms with Gasteiger partial charge in [0.15, 0.2) is 5.84 Å². The molecule has 6 N–H and O–H groups in total. The fraction of sp³-hybridized carbons (Fsp3) is 0.889. The molecule has 0 saturated heterocycles. The van der Waals surface area contributed by atoms with Crippen molar-refractivity contribution >= 4 is 16.0 Å². The highest BCUT2D eigenvalue weighted by atomic mass is 32.2. The molecule has 17 heavy (non-hydrogen) atoms. The smallest absolute Gasteiger partial charge is 0.275 e. The second-order valence-electron chi connectivity index (χ2n) is 4.57. The van der Waals surface area contributed by atoms with E-state index in [4.69, 9.17) is 16.1 Å². The third kappa shape index (κ3) is 3.55. The van der Waals surface area contributed by atoms with Crippen LogP contribution in [0.3, 0.4) is 0 Å². The van der Waals surface area contributed by atoms with Crippen LogP contribution in [0.4, 0.5) is 0 Å². The lowest BCUT2D eigenvalue weighted by atomic mass is 9.75. The van der Waals surface area contributed by atoms with Gasteiger partial charge in [-0.15, -0.1) is 0 Å². The zero-order chi connectivity index (χ0) is 13.1. The summed E-state index contributed by atoms with van der Waals surface area (Å²) in [4.78, 5) is 0. The summed E-state index contributed by atoms with van der Waals surface area (Å²) in [5, 5.41) is 16.7. The minimum absolute atomic E-state index is 0.124. The molecule has 0 aromatic heterocycles. The van der Waals surface area contributed by atoms with E-state index in [0.29, 0.717) is 18.8 Å². The molecule has 100 valence electrons. The summed E-state index contributed by atoms with van der Waals surface area (Å²) in [6, 6.07) is 0. The SMILES string of the molecule is CCC1CCC(NS(N)(=O)=O)(C(N)=NO)CC1. The number of rotatable bonds is 4. The molecule has 0 aromatic rings. The summed E-state index contributed by atoms with van der Waals surface area (Å²) in [5.74, 6) is 0.429. The van der Waals surface area contributed by atoms with Gasteiger partial charge in [-0.1, -0.05) is 18.5 Å². The van der Waals surface area contributed by atoms with Gasteiger partial charge in [0.05, 0.1) is 5.54 Å². The predicted octanol–water partition coefficient (Wildman–Crippen LogP) is -0.135. The van der Waals surface area contributed by atoms with Gasteiger partial charge in [0.2, 0.25) is 0 Å². The Bertz CT molecular complexity index is 385. The van der Waals surface area contributed by atoms with Crippen molar-refractivity contribution in [1.29, 1.82) is 0 Å². The molecule has 0 atom stereocenters.